The van der Waals surface area contributed by atoms with E-state index in [1.165, 1.54) is 25.3 Å². The number of halogens is 2. The maximum Gasteiger partial charge on any atom is 0.387 e. The van der Waals surface area contributed by atoms with Crippen LogP contribution in [0.2, 0.25) is 0 Å². The molecule has 0 bridgehead atoms. The number of thioether (sulfide) groups is 1. The Labute approximate surface area is 160 Å². The number of rotatable bonds is 9. The van der Waals surface area contributed by atoms with E-state index in [9.17, 15) is 13.6 Å². The van der Waals surface area contributed by atoms with E-state index in [1.807, 2.05) is 18.2 Å². The summed E-state index contributed by atoms with van der Waals surface area (Å²) in [5, 5.41) is 2.78. The summed E-state index contributed by atoms with van der Waals surface area (Å²) < 4.78 is 34.9. The number of hydrogen-bond donors (Lipinski definition) is 1. The molecular formula is C20H19F2NO3S. The molecule has 2 aromatic rings. The van der Waals surface area contributed by atoms with E-state index in [0.717, 1.165) is 4.90 Å². The zero-order valence-electron chi connectivity index (χ0n) is 14.7. The summed E-state index contributed by atoms with van der Waals surface area (Å²) in [6, 6.07) is 12.0. The molecule has 0 aliphatic rings. The smallest absolute Gasteiger partial charge is 0.387 e. The van der Waals surface area contributed by atoms with Crippen LogP contribution >= 0.6 is 11.8 Å². The van der Waals surface area contributed by atoms with Crippen molar-refractivity contribution >= 4 is 29.4 Å². The summed E-state index contributed by atoms with van der Waals surface area (Å²) in [5.74, 6) is 0.346. The van der Waals surface area contributed by atoms with Crippen molar-refractivity contribution in [1.29, 1.82) is 0 Å². The molecule has 1 N–H and O–H groups in total. The zero-order chi connectivity index (χ0) is 19.6. The van der Waals surface area contributed by atoms with Gasteiger partial charge in [-0.05, 0) is 24.3 Å². The summed E-state index contributed by atoms with van der Waals surface area (Å²) in [6.07, 6.45) is 4.42. The molecule has 0 aliphatic heterocycles. The number of carbonyl (C=O) groups excluding carboxylic acids is 1. The quantitative estimate of drug-likeness (QED) is 0.361. The third-order valence-electron chi connectivity index (χ3n) is 3.35. The summed E-state index contributed by atoms with van der Waals surface area (Å²) in [4.78, 5) is 13.2. The van der Waals surface area contributed by atoms with Crippen molar-refractivity contribution in [2.24, 2.45) is 0 Å². The molecular weight excluding hydrogens is 372 g/mol. The SMILES string of the molecule is C=CCSc1ccccc1NC(=O)/C=C/c1cccc(OC)c1OC(F)F. The highest BCUT2D eigenvalue weighted by Crippen LogP contribution is 2.33. The third kappa shape index (κ3) is 6.14. The van der Waals surface area contributed by atoms with Crippen LogP contribution in [0.4, 0.5) is 14.5 Å². The number of amides is 1. The first-order valence-corrected chi connectivity index (χ1v) is 8.97. The first kappa shape index (κ1) is 20.5. The van der Waals surface area contributed by atoms with Crippen molar-refractivity contribution in [3.63, 3.8) is 0 Å². The summed E-state index contributed by atoms with van der Waals surface area (Å²) in [5.41, 5.74) is 0.966. The molecule has 0 unspecified atom stereocenters. The number of anilines is 1. The molecule has 0 saturated heterocycles. The summed E-state index contributed by atoms with van der Waals surface area (Å²) in [6.45, 7) is 0.674. The number of nitrogens with one attached hydrogen (secondary N) is 1. The average molecular weight is 391 g/mol. The Morgan fingerprint density at radius 3 is 2.74 bits per heavy atom. The van der Waals surface area contributed by atoms with Crippen LogP contribution in [0, 0.1) is 0 Å². The average Bonchev–Trinajstić information content (AvgIpc) is 2.66. The fraction of sp³-hybridized carbons (Fsp3) is 0.150. The topological polar surface area (TPSA) is 47.6 Å². The van der Waals surface area contributed by atoms with Gasteiger partial charge in [-0.25, -0.2) is 0 Å². The Morgan fingerprint density at radius 1 is 1.26 bits per heavy atom. The number of carbonyl (C=O) groups is 1. The highest BCUT2D eigenvalue weighted by Gasteiger charge is 2.14. The molecule has 7 heteroatoms. The van der Waals surface area contributed by atoms with Crippen LogP contribution in [-0.2, 0) is 4.79 Å². The fourth-order valence-electron chi connectivity index (χ4n) is 2.22. The number of methoxy groups -OCH3 is 1. The van der Waals surface area contributed by atoms with Crippen LogP contribution in [0.15, 0.2) is 66.1 Å². The van der Waals surface area contributed by atoms with Gasteiger partial charge in [0.2, 0.25) is 5.91 Å². The lowest BCUT2D eigenvalue weighted by molar-refractivity contribution is -0.111. The number of benzene rings is 2. The van der Waals surface area contributed by atoms with Gasteiger partial charge in [0, 0.05) is 22.3 Å². The van der Waals surface area contributed by atoms with Crippen molar-refractivity contribution in [2.45, 2.75) is 11.5 Å². The van der Waals surface area contributed by atoms with Gasteiger partial charge < -0.3 is 14.8 Å². The Kier molecular flexibility index (Phi) is 7.88. The molecule has 142 valence electrons. The van der Waals surface area contributed by atoms with Crippen LogP contribution in [0.1, 0.15) is 5.56 Å². The summed E-state index contributed by atoms with van der Waals surface area (Å²) >= 11 is 1.54. The molecule has 0 heterocycles. The molecule has 0 aromatic heterocycles. The Hall–Kier alpha value is -2.80. The normalized spacial score (nSPS) is 10.8. The number of para-hydroxylation sites is 2. The van der Waals surface area contributed by atoms with Crippen molar-refractivity contribution in [1.82, 2.24) is 0 Å². The first-order valence-electron chi connectivity index (χ1n) is 7.98. The van der Waals surface area contributed by atoms with E-state index in [0.29, 0.717) is 17.0 Å². The van der Waals surface area contributed by atoms with E-state index in [4.69, 9.17) is 4.74 Å². The molecule has 2 aromatic carbocycles. The highest BCUT2D eigenvalue weighted by atomic mass is 32.2. The molecule has 4 nitrogen and oxygen atoms in total. The lowest BCUT2D eigenvalue weighted by atomic mass is 10.1. The maximum absolute atomic E-state index is 12.7. The number of hydrogen-bond acceptors (Lipinski definition) is 4. The van der Waals surface area contributed by atoms with Gasteiger partial charge >= 0.3 is 6.61 Å². The number of alkyl halides is 2. The molecule has 0 radical (unpaired) electrons. The zero-order valence-corrected chi connectivity index (χ0v) is 15.5. The van der Waals surface area contributed by atoms with Crippen LogP contribution < -0.4 is 14.8 Å². The van der Waals surface area contributed by atoms with Crippen molar-refractivity contribution in [3.05, 3.63) is 66.8 Å². The second kappa shape index (κ2) is 10.4. The van der Waals surface area contributed by atoms with E-state index < -0.39 is 12.5 Å². The third-order valence-corrected chi connectivity index (χ3v) is 4.42. The van der Waals surface area contributed by atoms with E-state index in [-0.39, 0.29) is 11.5 Å². The summed E-state index contributed by atoms with van der Waals surface area (Å²) in [7, 11) is 1.35. The van der Waals surface area contributed by atoms with Gasteiger partial charge in [-0.15, -0.1) is 18.3 Å². The van der Waals surface area contributed by atoms with Crippen LogP contribution in [0.5, 0.6) is 11.5 Å². The minimum Gasteiger partial charge on any atom is -0.493 e. The molecule has 1 amide bonds. The molecule has 0 atom stereocenters. The minimum atomic E-state index is -3.00. The van der Waals surface area contributed by atoms with E-state index >= 15 is 0 Å². The predicted molar refractivity (Wildman–Crippen MR) is 105 cm³/mol. The largest absolute Gasteiger partial charge is 0.493 e. The van der Waals surface area contributed by atoms with Crippen molar-refractivity contribution in [2.75, 3.05) is 18.2 Å². The second-order valence-corrected chi connectivity index (χ2v) is 6.24. The Bertz CT molecular complexity index is 825. The van der Waals surface area contributed by atoms with Crippen LogP contribution in [0.3, 0.4) is 0 Å². The van der Waals surface area contributed by atoms with Gasteiger partial charge in [0.1, 0.15) is 0 Å². The Balaban J connectivity index is 2.17. The number of ether oxygens (including phenoxy) is 2. The molecule has 0 fully saturated rings. The first-order chi connectivity index (χ1) is 13.0. The predicted octanol–water partition coefficient (Wildman–Crippen LogP) is 5.23. The van der Waals surface area contributed by atoms with Gasteiger partial charge in [0.15, 0.2) is 11.5 Å². The van der Waals surface area contributed by atoms with Gasteiger partial charge in [-0.2, -0.15) is 8.78 Å². The van der Waals surface area contributed by atoms with E-state index in [2.05, 4.69) is 16.6 Å². The maximum atomic E-state index is 12.7. The Morgan fingerprint density at radius 2 is 2.04 bits per heavy atom. The van der Waals surface area contributed by atoms with Gasteiger partial charge in [-0.3, -0.25) is 4.79 Å². The molecule has 2 rings (SSSR count). The lowest BCUT2D eigenvalue weighted by Gasteiger charge is -2.12. The molecule has 27 heavy (non-hydrogen) atoms. The lowest BCUT2D eigenvalue weighted by Crippen LogP contribution is -2.09. The molecule has 0 spiro atoms. The van der Waals surface area contributed by atoms with Crippen LogP contribution in [0.25, 0.3) is 6.08 Å². The van der Waals surface area contributed by atoms with Crippen molar-refractivity contribution < 1.29 is 23.0 Å². The highest BCUT2D eigenvalue weighted by molar-refractivity contribution is 7.99. The van der Waals surface area contributed by atoms with E-state index in [1.54, 1.807) is 36.0 Å². The standard InChI is InChI=1S/C20H19F2NO3S/c1-3-13-27-17-10-5-4-8-15(17)23-18(24)12-11-14-7-6-9-16(25-2)19(14)26-20(21)22/h3-12,20H,1,13H2,2H3,(H,23,24)/b12-11+. The second-order valence-electron chi connectivity index (χ2n) is 5.18. The molecule has 0 aliphatic carbocycles. The minimum absolute atomic E-state index is 0.124. The monoisotopic (exact) mass is 391 g/mol. The fourth-order valence-corrected chi connectivity index (χ4v) is 2.97. The van der Waals surface area contributed by atoms with Crippen LogP contribution in [-0.4, -0.2) is 25.4 Å². The molecule has 0 saturated carbocycles. The van der Waals surface area contributed by atoms with Crippen molar-refractivity contribution in [3.8, 4) is 11.5 Å². The van der Waals surface area contributed by atoms with Gasteiger partial charge in [-0.1, -0.05) is 30.3 Å². The van der Waals surface area contributed by atoms with Gasteiger partial charge in [0.25, 0.3) is 0 Å². The van der Waals surface area contributed by atoms with Gasteiger partial charge in [0.05, 0.1) is 12.8 Å².